The van der Waals surface area contributed by atoms with Crippen molar-refractivity contribution in [2.24, 2.45) is 5.92 Å². The maximum Gasteiger partial charge on any atom is 0.289 e. The largest absolute Gasteiger partial charge is 0.496 e. The lowest BCUT2D eigenvalue weighted by Crippen LogP contribution is -2.54. The molecule has 4 aromatic rings. The Morgan fingerprint density at radius 1 is 1.00 bits per heavy atom. The van der Waals surface area contributed by atoms with Crippen molar-refractivity contribution in [1.29, 1.82) is 0 Å². The van der Waals surface area contributed by atoms with Crippen LogP contribution in [0.3, 0.4) is 0 Å². The van der Waals surface area contributed by atoms with Crippen molar-refractivity contribution < 1.29 is 28.7 Å². The molecule has 242 valence electrons. The number of fused-ring (bicyclic) bond motifs is 3. The fourth-order valence-corrected chi connectivity index (χ4v) is 6.68. The van der Waals surface area contributed by atoms with E-state index in [0.717, 1.165) is 5.56 Å². The predicted octanol–water partition coefficient (Wildman–Crippen LogP) is 3.70. The molecule has 1 saturated heterocycles. The molecule has 0 saturated carbocycles. The number of para-hydroxylation sites is 1. The summed E-state index contributed by atoms with van der Waals surface area (Å²) in [5.74, 6) is -2.47. The summed E-state index contributed by atoms with van der Waals surface area (Å²) in [5.41, 5.74) is 1.78. The molecule has 11 nitrogen and oxygen atoms in total. The van der Waals surface area contributed by atoms with E-state index >= 15 is 0 Å². The quantitative estimate of drug-likeness (QED) is 0.195. The van der Waals surface area contributed by atoms with Crippen LogP contribution in [-0.2, 0) is 31.1 Å². The number of anilines is 1. The van der Waals surface area contributed by atoms with E-state index < -0.39 is 41.0 Å². The van der Waals surface area contributed by atoms with Crippen LogP contribution >= 0.6 is 0 Å². The molecule has 1 unspecified atom stereocenters. The van der Waals surface area contributed by atoms with Crippen LogP contribution in [0, 0.1) is 5.92 Å². The molecule has 3 aromatic carbocycles. The molecule has 0 bridgehead atoms. The highest BCUT2D eigenvalue weighted by atomic mass is 16.5. The highest BCUT2D eigenvalue weighted by Crippen LogP contribution is 2.46. The van der Waals surface area contributed by atoms with Gasteiger partial charge < -0.3 is 30.6 Å². The number of carbonyl (C=O) groups is 5. The third kappa shape index (κ3) is 5.96. The van der Waals surface area contributed by atoms with E-state index in [1.807, 2.05) is 50.2 Å². The van der Waals surface area contributed by atoms with E-state index in [1.165, 1.54) is 4.90 Å². The van der Waals surface area contributed by atoms with Crippen LogP contribution in [0.1, 0.15) is 48.3 Å². The van der Waals surface area contributed by atoms with Gasteiger partial charge in [-0.25, -0.2) is 0 Å². The number of carbonyl (C=O) groups excluding carboxylic acids is 5. The first-order valence-electron chi connectivity index (χ1n) is 15.7. The minimum atomic E-state index is -1.23. The number of nitrogens with one attached hydrogen (secondary N) is 4. The molecule has 47 heavy (non-hydrogen) atoms. The van der Waals surface area contributed by atoms with Crippen LogP contribution in [0.4, 0.5) is 5.69 Å². The molecule has 6 rings (SSSR count). The molecule has 1 spiro atoms. The van der Waals surface area contributed by atoms with Crippen molar-refractivity contribution in [3.63, 3.8) is 0 Å². The molecule has 0 radical (unpaired) electrons. The zero-order chi connectivity index (χ0) is 33.3. The number of hydrogen-bond acceptors (Lipinski definition) is 6. The molecule has 1 fully saturated rings. The SMILES string of the molecule is COc1cccc2[nH]c(C(=O)NC(CC(C)C)C(=O)N3C[C@]4(C[C@H]3C(=O)C(=O)NCc3ccccc3)C(=O)Nc3ccccc34)cc12. The first kappa shape index (κ1) is 31.5. The molecular weight excluding hydrogens is 598 g/mol. The Hall–Kier alpha value is -5.45. The molecule has 2 aliphatic rings. The zero-order valence-electron chi connectivity index (χ0n) is 26.5. The van der Waals surface area contributed by atoms with Crippen LogP contribution in [-0.4, -0.2) is 65.0 Å². The van der Waals surface area contributed by atoms with Crippen LogP contribution in [0.15, 0.2) is 78.9 Å². The smallest absolute Gasteiger partial charge is 0.289 e. The van der Waals surface area contributed by atoms with Gasteiger partial charge in [0.15, 0.2) is 0 Å². The van der Waals surface area contributed by atoms with Crippen molar-refractivity contribution in [3.05, 3.63) is 95.7 Å². The highest BCUT2D eigenvalue weighted by molar-refractivity contribution is 6.38. The summed E-state index contributed by atoms with van der Waals surface area (Å²) in [6.45, 7) is 3.85. The van der Waals surface area contributed by atoms with Gasteiger partial charge in [-0.15, -0.1) is 0 Å². The fourth-order valence-electron chi connectivity index (χ4n) is 6.68. The third-order valence-corrected chi connectivity index (χ3v) is 8.99. The number of aromatic amines is 1. The van der Waals surface area contributed by atoms with E-state index in [9.17, 15) is 24.0 Å². The minimum absolute atomic E-state index is 0.0116. The molecule has 3 heterocycles. The highest BCUT2D eigenvalue weighted by Gasteiger charge is 2.58. The maximum absolute atomic E-state index is 14.5. The fraction of sp³-hybridized carbons (Fsp3) is 0.306. The number of hydrogen-bond donors (Lipinski definition) is 4. The van der Waals surface area contributed by atoms with Crippen molar-refractivity contribution in [2.45, 2.75) is 50.7 Å². The lowest BCUT2D eigenvalue weighted by atomic mass is 9.79. The second kappa shape index (κ2) is 12.7. The summed E-state index contributed by atoms with van der Waals surface area (Å²) in [7, 11) is 1.55. The first-order valence-corrected chi connectivity index (χ1v) is 15.7. The molecule has 2 aliphatic heterocycles. The molecular formula is C36H37N5O6. The summed E-state index contributed by atoms with van der Waals surface area (Å²) >= 11 is 0. The maximum atomic E-state index is 14.5. The number of likely N-dealkylation sites (tertiary alicyclic amines) is 1. The Balaban J connectivity index is 1.30. The van der Waals surface area contributed by atoms with Gasteiger partial charge in [-0.1, -0.05) is 68.4 Å². The number of ketones is 1. The number of amides is 4. The Morgan fingerprint density at radius 3 is 2.49 bits per heavy atom. The number of rotatable bonds is 10. The normalized spacial score (nSPS) is 19.0. The van der Waals surface area contributed by atoms with Crippen molar-refractivity contribution in [3.8, 4) is 5.75 Å². The van der Waals surface area contributed by atoms with Crippen molar-refractivity contribution in [1.82, 2.24) is 20.5 Å². The standard InChI is InChI=1S/C36H37N5O6/c1-21(2)16-28(39-32(43)27-17-23-25(38-27)14-9-15-30(23)47-3)34(45)41-20-36(24-12-7-8-13-26(24)40-35(36)46)18-29(41)31(42)33(44)37-19-22-10-5-4-6-11-22/h4-15,17,21,28-29,38H,16,18-20H2,1-3H3,(H,37,44)(H,39,43)(H,40,46)/t28?,29-,36-/m0/s1. The number of ether oxygens (including phenoxy) is 1. The Kier molecular flexibility index (Phi) is 8.55. The predicted molar refractivity (Wildman–Crippen MR) is 176 cm³/mol. The molecule has 4 N–H and O–H groups in total. The first-order chi connectivity index (χ1) is 22.6. The monoisotopic (exact) mass is 635 g/mol. The van der Waals surface area contributed by atoms with Crippen LogP contribution < -0.4 is 20.7 Å². The van der Waals surface area contributed by atoms with Crippen molar-refractivity contribution in [2.75, 3.05) is 19.0 Å². The van der Waals surface area contributed by atoms with Gasteiger partial charge in [0.25, 0.3) is 11.8 Å². The summed E-state index contributed by atoms with van der Waals surface area (Å²) in [4.78, 5) is 73.1. The van der Waals surface area contributed by atoms with E-state index in [1.54, 1.807) is 49.6 Å². The number of nitrogens with zero attached hydrogens (tertiary/aromatic N) is 1. The Morgan fingerprint density at radius 2 is 1.74 bits per heavy atom. The summed E-state index contributed by atoms with van der Waals surface area (Å²) in [6.07, 6.45) is 0.199. The van der Waals surface area contributed by atoms with Gasteiger partial charge in [0.05, 0.1) is 12.5 Å². The summed E-state index contributed by atoms with van der Waals surface area (Å²) in [5, 5.41) is 9.14. The lowest BCUT2D eigenvalue weighted by molar-refractivity contribution is -0.145. The lowest BCUT2D eigenvalue weighted by Gasteiger charge is -2.29. The molecule has 11 heteroatoms. The van der Waals surface area contributed by atoms with E-state index in [-0.39, 0.29) is 43.5 Å². The molecule has 4 amide bonds. The van der Waals surface area contributed by atoms with Gasteiger partial charge in [-0.3, -0.25) is 24.0 Å². The molecule has 3 atom stereocenters. The third-order valence-electron chi connectivity index (χ3n) is 8.99. The summed E-state index contributed by atoms with van der Waals surface area (Å²) in [6, 6.07) is 21.1. The van der Waals surface area contributed by atoms with E-state index in [0.29, 0.717) is 27.9 Å². The second-order valence-corrected chi connectivity index (χ2v) is 12.6. The van der Waals surface area contributed by atoms with Crippen LogP contribution in [0.2, 0.25) is 0 Å². The number of H-pyrrole nitrogens is 1. The van der Waals surface area contributed by atoms with Gasteiger partial charge in [-0.05, 0) is 54.2 Å². The van der Waals surface area contributed by atoms with Crippen LogP contribution in [0.5, 0.6) is 5.75 Å². The van der Waals surface area contributed by atoms with E-state index in [4.69, 9.17) is 4.74 Å². The number of methoxy groups -OCH3 is 1. The van der Waals surface area contributed by atoms with Gasteiger partial charge in [-0.2, -0.15) is 0 Å². The van der Waals surface area contributed by atoms with Gasteiger partial charge in [0.2, 0.25) is 17.6 Å². The Labute approximate surface area is 272 Å². The number of Topliss-reactive ketones (excluding diaryl/α,β-unsaturated/α-hetero) is 1. The average Bonchev–Trinajstić information content (AvgIpc) is 3.77. The minimum Gasteiger partial charge on any atom is -0.496 e. The Bertz CT molecular complexity index is 1870. The van der Waals surface area contributed by atoms with E-state index in [2.05, 4.69) is 20.9 Å². The van der Waals surface area contributed by atoms with Gasteiger partial charge in [0, 0.05) is 29.7 Å². The second-order valence-electron chi connectivity index (χ2n) is 12.6. The summed E-state index contributed by atoms with van der Waals surface area (Å²) < 4.78 is 5.43. The van der Waals surface area contributed by atoms with Gasteiger partial charge in [0.1, 0.15) is 23.5 Å². The molecule has 0 aliphatic carbocycles. The van der Waals surface area contributed by atoms with Crippen molar-refractivity contribution >= 4 is 46.0 Å². The topological polar surface area (TPSA) is 150 Å². The number of benzene rings is 3. The average molecular weight is 636 g/mol. The van der Waals surface area contributed by atoms with Gasteiger partial charge >= 0.3 is 0 Å². The van der Waals surface area contributed by atoms with Crippen LogP contribution in [0.25, 0.3) is 10.9 Å². The zero-order valence-corrected chi connectivity index (χ0v) is 26.5. The molecule has 1 aromatic heterocycles. The number of aromatic nitrogens is 1.